The number of rotatable bonds is 3. The van der Waals surface area contributed by atoms with Gasteiger partial charge in [0.05, 0.1) is 13.2 Å². The zero-order valence-electron chi connectivity index (χ0n) is 15.5. The summed E-state index contributed by atoms with van der Waals surface area (Å²) in [6.07, 6.45) is 0.293. The molecule has 1 unspecified atom stereocenters. The average Bonchev–Trinajstić information content (AvgIpc) is 3.08. The molecule has 2 heterocycles. The van der Waals surface area contributed by atoms with Crippen LogP contribution in [-0.4, -0.2) is 51.4 Å². The van der Waals surface area contributed by atoms with Crippen LogP contribution in [0.2, 0.25) is 5.02 Å². The van der Waals surface area contributed by atoms with Crippen LogP contribution < -0.4 is 0 Å². The molecule has 2 aromatic carbocycles. The lowest BCUT2D eigenvalue weighted by Crippen LogP contribution is -2.63. The molecular formula is C22H21ClO6. The monoisotopic (exact) mass is 416 g/mol. The van der Waals surface area contributed by atoms with E-state index in [2.05, 4.69) is 5.92 Å². The van der Waals surface area contributed by atoms with Gasteiger partial charge in [-0.2, -0.15) is 0 Å². The van der Waals surface area contributed by atoms with E-state index in [1.165, 1.54) is 0 Å². The predicted molar refractivity (Wildman–Crippen MR) is 105 cm³/mol. The molecule has 152 valence electrons. The third-order valence-electron chi connectivity index (χ3n) is 5.56. The van der Waals surface area contributed by atoms with E-state index in [1.807, 2.05) is 24.3 Å². The minimum atomic E-state index is -1.69. The van der Waals surface area contributed by atoms with Gasteiger partial charge in [0.25, 0.3) is 0 Å². The maximum Gasteiger partial charge on any atom is 0.225 e. The van der Waals surface area contributed by atoms with Crippen LogP contribution in [-0.2, 0) is 28.3 Å². The first-order chi connectivity index (χ1) is 13.9. The highest BCUT2D eigenvalue weighted by Gasteiger charge is 2.58. The molecule has 2 aromatic rings. The molecule has 0 aromatic heterocycles. The number of ether oxygens (including phenoxy) is 2. The standard InChI is InChI=1S/C22H21ClO6/c1-2-12-3-5-13(6-4-12)7-14-8-16-15(9-17(14)23)11-28-22(16)21(27)20(26)19(25)18(10-24)29-22/h1,3-6,8-9,18-21,24-27H,7,10-11H2/t18-,19-,20+,21-,22?/m1/s1. The molecule has 1 saturated heterocycles. The smallest absolute Gasteiger partial charge is 0.225 e. The molecule has 0 saturated carbocycles. The second kappa shape index (κ2) is 7.71. The first-order valence-electron chi connectivity index (χ1n) is 9.23. The van der Waals surface area contributed by atoms with Crippen molar-refractivity contribution in [3.8, 4) is 12.3 Å². The second-order valence-corrected chi connectivity index (χ2v) is 7.75. The van der Waals surface area contributed by atoms with Crippen molar-refractivity contribution < 1.29 is 29.9 Å². The van der Waals surface area contributed by atoms with Crippen LogP contribution >= 0.6 is 11.6 Å². The summed E-state index contributed by atoms with van der Waals surface area (Å²) in [6.45, 7) is -0.419. The van der Waals surface area contributed by atoms with E-state index in [9.17, 15) is 20.4 Å². The van der Waals surface area contributed by atoms with Crippen LogP contribution in [0.5, 0.6) is 0 Å². The molecule has 0 radical (unpaired) electrons. The van der Waals surface area contributed by atoms with Crippen molar-refractivity contribution in [3.05, 3.63) is 69.2 Å². The summed E-state index contributed by atoms with van der Waals surface area (Å²) in [7, 11) is 0. The molecular weight excluding hydrogens is 396 g/mol. The molecule has 2 aliphatic rings. The molecule has 1 fully saturated rings. The lowest BCUT2D eigenvalue weighted by atomic mass is 9.86. The quantitative estimate of drug-likeness (QED) is 0.559. The third kappa shape index (κ3) is 3.35. The van der Waals surface area contributed by atoms with Gasteiger partial charge in [-0.25, -0.2) is 0 Å². The Hall–Kier alpha value is -1.95. The zero-order valence-corrected chi connectivity index (χ0v) is 16.2. The number of benzene rings is 2. The van der Waals surface area contributed by atoms with Crippen molar-refractivity contribution in [2.24, 2.45) is 0 Å². The molecule has 0 aliphatic carbocycles. The number of terminal acetylenes is 1. The first kappa shape index (κ1) is 20.3. The van der Waals surface area contributed by atoms with Crippen molar-refractivity contribution in [1.29, 1.82) is 0 Å². The van der Waals surface area contributed by atoms with Crippen LogP contribution in [0.15, 0.2) is 36.4 Å². The molecule has 29 heavy (non-hydrogen) atoms. The molecule has 0 bridgehead atoms. The van der Waals surface area contributed by atoms with Gasteiger partial charge < -0.3 is 29.9 Å². The maximum absolute atomic E-state index is 10.7. The number of halogens is 1. The van der Waals surface area contributed by atoms with Crippen molar-refractivity contribution >= 4 is 11.6 Å². The Balaban J connectivity index is 1.72. The summed E-state index contributed by atoms with van der Waals surface area (Å²) < 4.78 is 11.6. The highest BCUT2D eigenvalue weighted by atomic mass is 35.5. The number of aliphatic hydroxyl groups excluding tert-OH is 4. The van der Waals surface area contributed by atoms with Crippen molar-refractivity contribution in [1.82, 2.24) is 0 Å². The lowest BCUT2D eigenvalue weighted by molar-refractivity contribution is -0.368. The maximum atomic E-state index is 10.7. The molecule has 0 amide bonds. The minimum absolute atomic E-state index is 0.115. The third-order valence-corrected chi connectivity index (χ3v) is 5.91. The topological polar surface area (TPSA) is 99.4 Å². The Morgan fingerprint density at radius 2 is 1.86 bits per heavy atom. The molecule has 2 aliphatic heterocycles. The SMILES string of the molecule is C#Cc1ccc(Cc2cc3c(cc2Cl)COC32O[C@H](CO)[C@@H](O)[C@H](O)[C@H]2O)cc1. The highest BCUT2D eigenvalue weighted by molar-refractivity contribution is 6.31. The Labute approximate surface area is 173 Å². The Morgan fingerprint density at radius 1 is 1.14 bits per heavy atom. The largest absolute Gasteiger partial charge is 0.394 e. The summed E-state index contributed by atoms with van der Waals surface area (Å²) in [6, 6.07) is 11.1. The predicted octanol–water partition coefficient (Wildman–Crippen LogP) is 1.07. The molecule has 7 heteroatoms. The molecule has 1 spiro atoms. The molecule has 4 N–H and O–H groups in total. The van der Waals surface area contributed by atoms with Gasteiger partial charge in [0.15, 0.2) is 0 Å². The molecule has 5 atom stereocenters. The summed E-state index contributed by atoms with van der Waals surface area (Å²) >= 11 is 6.47. The van der Waals surface area contributed by atoms with Gasteiger partial charge in [-0.15, -0.1) is 6.42 Å². The van der Waals surface area contributed by atoms with Crippen LogP contribution in [0, 0.1) is 12.3 Å². The van der Waals surface area contributed by atoms with Gasteiger partial charge in [0, 0.05) is 16.1 Å². The first-order valence-corrected chi connectivity index (χ1v) is 9.61. The highest BCUT2D eigenvalue weighted by Crippen LogP contribution is 2.47. The number of hydrogen-bond acceptors (Lipinski definition) is 6. The lowest BCUT2D eigenvalue weighted by Gasteiger charge is -2.46. The number of hydrogen-bond donors (Lipinski definition) is 4. The van der Waals surface area contributed by atoms with Crippen LogP contribution in [0.4, 0.5) is 0 Å². The Bertz CT molecular complexity index is 951. The Kier molecular flexibility index (Phi) is 5.40. The van der Waals surface area contributed by atoms with Crippen LogP contribution in [0.1, 0.15) is 27.8 Å². The van der Waals surface area contributed by atoms with E-state index in [-0.39, 0.29) is 6.61 Å². The summed E-state index contributed by atoms with van der Waals surface area (Å²) in [5, 5.41) is 41.1. The van der Waals surface area contributed by atoms with Gasteiger partial charge in [-0.3, -0.25) is 0 Å². The molecule has 6 nitrogen and oxygen atoms in total. The van der Waals surface area contributed by atoms with Crippen LogP contribution in [0.3, 0.4) is 0 Å². The Morgan fingerprint density at radius 3 is 2.52 bits per heavy atom. The minimum Gasteiger partial charge on any atom is -0.394 e. The van der Waals surface area contributed by atoms with E-state index >= 15 is 0 Å². The van der Waals surface area contributed by atoms with Crippen LogP contribution in [0.25, 0.3) is 0 Å². The normalized spacial score (nSPS) is 30.9. The summed E-state index contributed by atoms with van der Waals surface area (Å²) in [5.74, 6) is 0.887. The number of aliphatic hydroxyl groups is 4. The van der Waals surface area contributed by atoms with Crippen molar-refractivity contribution in [3.63, 3.8) is 0 Å². The zero-order chi connectivity index (χ0) is 20.8. The summed E-state index contributed by atoms with van der Waals surface area (Å²) in [5.41, 5.74) is 3.78. The van der Waals surface area contributed by atoms with Crippen molar-refractivity contribution in [2.75, 3.05) is 6.61 Å². The average molecular weight is 417 g/mol. The van der Waals surface area contributed by atoms with E-state index in [4.69, 9.17) is 27.5 Å². The number of fused-ring (bicyclic) bond motifs is 2. The van der Waals surface area contributed by atoms with Gasteiger partial charge >= 0.3 is 0 Å². The van der Waals surface area contributed by atoms with Gasteiger partial charge in [-0.1, -0.05) is 29.7 Å². The second-order valence-electron chi connectivity index (χ2n) is 7.34. The van der Waals surface area contributed by atoms with E-state index < -0.39 is 36.8 Å². The molecule has 4 rings (SSSR count). The van der Waals surface area contributed by atoms with E-state index in [1.54, 1.807) is 12.1 Å². The van der Waals surface area contributed by atoms with Gasteiger partial charge in [0.2, 0.25) is 5.79 Å². The summed E-state index contributed by atoms with van der Waals surface area (Å²) in [4.78, 5) is 0. The van der Waals surface area contributed by atoms with E-state index in [0.717, 1.165) is 16.7 Å². The fraction of sp³-hybridized carbons (Fsp3) is 0.364. The van der Waals surface area contributed by atoms with E-state index in [0.29, 0.717) is 22.6 Å². The van der Waals surface area contributed by atoms with Crippen molar-refractivity contribution in [2.45, 2.75) is 43.2 Å². The van der Waals surface area contributed by atoms with Gasteiger partial charge in [0.1, 0.15) is 24.4 Å². The fourth-order valence-electron chi connectivity index (χ4n) is 3.92. The fourth-order valence-corrected chi connectivity index (χ4v) is 4.18. The van der Waals surface area contributed by atoms with Gasteiger partial charge in [-0.05, 0) is 47.4 Å².